The normalized spacial score (nSPS) is 11.2. The Labute approximate surface area is 322 Å². The molecule has 56 heavy (non-hydrogen) atoms. The minimum Gasteiger partial charge on any atom is -0.309 e. The van der Waals surface area contributed by atoms with Gasteiger partial charge in [0.2, 0.25) is 0 Å². The smallest absolute Gasteiger partial charge is 0.187 e. The molecule has 0 saturated heterocycles. The number of pyridine rings is 1. The van der Waals surface area contributed by atoms with Crippen molar-refractivity contribution >= 4 is 49.3 Å². The number of nitrogens with zero attached hydrogens (tertiary/aromatic N) is 6. The molecule has 7 aromatic carbocycles. The topological polar surface area (TPSA) is 74.7 Å². The van der Waals surface area contributed by atoms with Crippen LogP contribution in [0.1, 0.15) is 11.1 Å². The van der Waals surface area contributed by atoms with Crippen molar-refractivity contribution in [2.45, 2.75) is 0 Å². The van der Waals surface area contributed by atoms with Crippen LogP contribution >= 0.6 is 0 Å². The number of nitriles is 2. The van der Waals surface area contributed by atoms with E-state index in [4.69, 9.17) is 6.57 Å². The van der Waals surface area contributed by atoms with E-state index in [-0.39, 0.29) is 0 Å². The van der Waals surface area contributed by atoms with Crippen molar-refractivity contribution in [1.82, 2.24) is 14.1 Å². The lowest BCUT2D eigenvalue weighted by Crippen LogP contribution is -2.02. The monoisotopic (exact) mass is 712 g/mol. The standard InChI is InChI=1S/C50H28N6/c1-53-38-11-7-10-35(26-38)37-18-20-48-43(28-37)39-12-2-4-14-45(39)55(48)47-19-16-33(30-52)25-42(47)41-22-23-54-31-50(41)56-46-15-5-3-13-40(46)44-27-36(17-21-49(44)56)34-9-6-8-32(24-34)29-51/h2-28,31H. The zero-order valence-electron chi connectivity index (χ0n) is 29.8. The quantitative estimate of drug-likeness (QED) is 0.167. The average molecular weight is 713 g/mol. The lowest BCUT2D eigenvalue weighted by molar-refractivity contribution is 1.13. The molecular weight excluding hydrogens is 685 g/mol. The zero-order chi connectivity index (χ0) is 37.8. The number of hydrogen-bond donors (Lipinski definition) is 0. The molecule has 0 radical (unpaired) electrons. The van der Waals surface area contributed by atoms with Crippen LogP contribution in [0, 0.1) is 29.2 Å². The van der Waals surface area contributed by atoms with Gasteiger partial charge in [0.05, 0.1) is 69.5 Å². The van der Waals surface area contributed by atoms with Crippen molar-refractivity contribution in [2.75, 3.05) is 0 Å². The summed E-state index contributed by atoms with van der Waals surface area (Å²) in [6.45, 7) is 7.54. The Morgan fingerprint density at radius 3 is 1.70 bits per heavy atom. The van der Waals surface area contributed by atoms with Gasteiger partial charge in [-0.2, -0.15) is 10.5 Å². The van der Waals surface area contributed by atoms with E-state index >= 15 is 0 Å². The number of para-hydroxylation sites is 2. The molecule has 0 saturated carbocycles. The molecule has 0 spiro atoms. The van der Waals surface area contributed by atoms with Gasteiger partial charge in [-0.15, -0.1) is 0 Å². The van der Waals surface area contributed by atoms with Crippen LogP contribution in [0.15, 0.2) is 170 Å². The van der Waals surface area contributed by atoms with Crippen LogP contribution in [-0.4, -0.2) is 14.1 Å². The van der Waals surface area contributed by atoms with Crippen LogP contribution < -0.4 is 0 Å². The maximum atomic E-state index is 10.2. The summed E-state index contributed by atoms with van der Waals surface area (Å²) < 4.78 is 4.55. The average Bonchev–Trinajstić information content (AvgIpc) is 3.78. The lowest BCUT2D eigenvalue weighted by atomic mass is 9.99. The molecule has 6 nitrogen and oxygen atoms in total. The van der Waals surface area contributed by atoms with Crippen molar-refractivity contribution in [3.63, 3.8) is 0 Å². The van der Waals surface area contributed by atoms with Gasteiger partial charge in [-0.05, 0) is 101 Å². The van der Waals surface area contributed by atoms with Crippen molar-refractivity contribution in [1.29, 1.82) is 10.5 Å². The number of hydrogen-bond acceptors (Lipinski definition) is 3. The lowest BCUT2D eigenvalue weighted by Gasteiger charge is -2.18. The molecule has 0 aliphatic heterocycles. The third-order valence-corrected chi connectivity index (χ3v) is 10.7. The first-order chi connectivity index (χ1) is 27.6. The highest BCUT2D eigenvalue weighted by Gasteiger charge is 2.21. The molecule has 10 rings (SSSR count). The molecule has 0 amide bonds. The first kappa shape index (κ1) is 32.4. The minimum absolute atomic E-state index is 0.556. The second-order valence-electron chi connectivity index (χ2n) is 13.8. The Morgan fingerprint density at radius 2 is 1.04 bits per heavy atom. The van der Waals surface area contributed by atoms with Gasteiger partial charge in [0.15, 0.2) is 5.69 Å². The molecule has 0 N–H and O–H groups in total. The van der Waals surface area contributed by atoms with E-state index in [9.17, 15) is 10.5 Å². The Hall–Kier alpha value is -8.24. The van der Waals surface area contributed by atoms with Gasteiger partial charge in [0, 0.05) is 38.9 Å². The largest absolute Gasteiger partial charge is 0.309 e. The predicted molar refractivity (Wildman–Crippen MR) is 225 cm³/mol. The van der Waals surface area contributed by atoms with Crippen molar-refractivity contribution in [2.24, 2.45) is 0 Å². The van der Waals surface area contributed by atoms with Crippen molar-refractivity contribution in [3.8, 4) is 56.9 Å². The Bertz CT molecular complexity index is 3360. The van der Waals surface area contributed by atoms with Gasteiger partial charge in [-0.3, -0.25) is 4.98 Å². The highest BCUT2D eigenvalue weighted by molar-refractivity contribution is 6.12. The van der Waals surface area contributed by atoms with Crippen LogP contribution in [0.2, 0.25) is 0 Å². The summed E-state index contributed by atoms with van der Waals surface area (Å²) in [5.41, 5.74) is 13.6. The van der Waals surface area contributed by atoms with E-state index in [1.807, 2.05) is 85.2 Å². The van der Waals surface area contributed by atoms with Crippen LogP contribution in [0.4, 0.5) is 5.69 Å². The van der Waals surface area contributed by atoms with Crippen LogP contribution in [-0.2, 0) is 0 Å². The van der Waals surface area contributed by atoms with Crippen molar-refractivity contribution in [3.05, 3.63) is 193 Å². The molecule has 0 aliphatic carbocycles. The maximum Gasteiger partial charge on any atom is 0.187 e. The summed E-state index contributed by atoms with van der Waals surface area (Å²) in [6.07, 6.45) is 3.72. The van der Waals surface area contributed by atoms with Crippen LogP contribution in [0.3, 0.4) is 0 Å². The molecule has 10 aromatic rings. The van der Waals surface area contributed by atoms with Crippen LogP contribution in [0.5, 0.6) is 0 Å². The van der Waals surface area contributed by atoms with E-state index in [1.165, 1.54) is 0 Å². The summed E-state index contributed by atoms with van der Waals surface area (Å²) in [6, 6.07) is 57.8. The minimum atomic E-state index is 0.556. The zero-order valence-corrected chi connectivity index (χ0v) is 29.8. The molecule has 0 aliphatic rings. The molecule has 258 valence electrons. The molecule has 0 unspecified atom stereocenters. The first-order valence-electron chi connectivity index (χ1n) is 18.2. The Morgan fingerprint density at radius 1 is 0.464 bits per heavy atom. The molecule has 0 atom stereocenters. The fraction of sp³-hybridized carbons (Fsp3) is 0. The molecule has 3 aromatic heterocycles. The summed E-state index contributed by atoms with van der Waals surface area (Å²) in [7, 11) is 0. The fourth-order valence-electron chi connectivity index (χ4n) is 8.16. The van der Waals surface area contributed by atoms with Gasteiger partial charge in [-0.1, -0.05) is 78.9 Å². The maximum absolute atomic E-state index is 10.2. The van der Waals surface area contributed by atoms with Crippen molar-refractivity contribution < 1.29 is 0 Å². The number of rotatable bonds is 5. The summed E-state index contributed by atoms with van der Waals surface area (Å²) >= 11 is 0. The molecule has 0 bridgehead atoms. The highest BCUT2D eigenvalue weighted by Crippen LogP contribution is 2.42. The Kier molecular flexibility index (Phi) is 7.53. The van der Waals surface area contributed by atoms with Crippen LogP contribution in [0.25, 0.3) is 93.2 Å². The summed E-state index contributed by atoms with van der Waals surface area (Å²) in [4.78, 5) is 8.32. The summed E-state index contributed by atoms with van der Waals surface area (Å²) in [5.74, 6) is 0. The van der Waals surface area contributed by atoms with E-state index in [2.05, 4.69) is 116 Å². The van der Waals surface area contributed by atoms with Gasteiger partial charge in [-0.25, -0.2) is 4.85 Å². The third-order valence-electron chi connectivity index (χ3n) is 10.7. The molecule has 6 heteroatoms. The van der Waals surface area contributed by atoms with Gasteiger partial charge < -0.3 is 9.13 Å². The number of benzene rings is 7. The molecule has 0 fully saturated rings. The first-order valence-corrected chi connectivity index (χ1v) is 18.2. The Balaban J connectivity index is 1.21. The second-order valence-corrected chi connectivity index (χ2v) is 13.8. The molecular formula is C50H28N6. The second kappa shape index (κ2) is 13.0. The SMILES string of the molecule is [C-]#[N+]c1cccc(-c2ccc3c(c2)c2ccccc2n3-c2ccc(C#N)cc2-c2ccncc2-n2c3ccccc3c3cc(-c4cccc(C#N)c4)ccc32)c1. The van der Waals surface area contributed by atoms with E-state index < -0.39 is 0 Å². The van der Waals surface area contributed by atoms with Gasteiger partial charge in [0.1, 0.15) is 0 Å². The van der Waals surface area contributed by atoms with E-state index in [1.54, 1.807) is 0 Å². The fourth-order valence-corrected chi connectivity index (χ4v) is 8.16. The number of fused-ring (bicyclic) bond motifs is 6. The van der Waals surface area contributed by atoms with E-state index in [0.717, 1.165) is 88.4 Å². The highest BCUT2D eigenvalue weighted by atomic mass is 15.0. The van der Waals surface area contributed by atoms with E-state index in [0.29, 0.717) is 16.8 Å². The molecule has 3 heterocycles. The summed E-state index contributed by atoms with van der Waals surface area (Å²) in [5, 5.41) is 24.2. The predicted octanol–water partition coefficient (Wildman–Crippen LogP) is 12.6. The third kappa shape index (κ3) is 5.12. The van der Waals surface area contributed by atoms with Gasteiger partial charge in [0.25, 0.3) is 0 Å². The van der Waals surface area contributed by atoms with Gasteiger partial charge >= 0.3 is 0 Å². The number of aromatic nitrogens is 3.